The van der Waals surface area contributed by atoms with Gasteiger partial charge in [0.1, 0.15) is 0 Å². The van der Waals surface area contributed by atoms with Crippen LogP contribution in [0.5, 0.6) is 0 Å². The summed E-state index contributed by atoms with van der Waals surface area (Å²) in [5, 5.41) is 0. The molecular weight excluding hydrogens is 168 g/mol. The number of esters is 2. The van der Waals surface area contributed by atoms with Crippen LogP contribution in [-0.4, -0.2) is 11.9 Å². The Hall–Kier alpha value is -1.64. The molecule has 0 atom stereocenters. The lowest BCUT2D eigenvalue weighted by Crippen LogP contribution is -2.08. The van der Waals surface area contributed by atoms with Crippen LogP contribution in [0.3, 0.4) is 0 Å². The second kappa shape index (κ2) is 3.01. The molecule has 66 valence electrons. The van der Waals surface area contributed by atoms with Gasteiger partial charge in [-0.3, -0.25) is 4.79 Å². The lowest BCUT2D eigenvalue weighted by atomic mass is 10.0. The highest BCUT2D eigenvalue weighted by Crippen LogP contribution is 2.16. The minimum atomic E-state index is -0.530. The number of hydrogen-bond acceptors (Lipinski definition) is 3. The molecule has 2 rings (SSSR count). The molecule has 0 aliphatic carbocycles. The monoisotopic (exact) mass is 176 g/mol. The molecule has 0 spiro atoms. The van der Waals surface area contributed by atoms with Crippen molar-refractivity contribution in [2.75, 3.05) is 0 Å². The predicted octanol–water partition coefficient (Wildman–Crippen LogP) is 1.32. The van der Waals surface area contributed by atoms with Crippen molar-refractivity contribution in [3.8, 4) is 0 Å². The average Bonchev–Trinajstić information content (AvgIpc) is 2.27. The van der Waals surface area contributed by atoms with Crippen LogP contribution in [0.4, 0.5) is 0 Å². The number of carbonyl (C=O) groups is 2. The maximum atomic E-state index is 11.3. The second-order valence-electron chi connectivity index (χ2n) is 2.92. The molecule has 1 aromatic carbocycles. The first kappa shape index (κ1) is 7.98. The van der Waals surface area contributed by atoms with Crippen LogP contribution in [0.25, 0.3) is 0 Å². The van der Waals surface area contributed by atoms with E-state index in [0.29, 0.717) is 12.0 Å². The first-order valence-electron chi connectivity index (χ1n) is 4.10. The van der Waals surface area contributed by atoms with E-state index in [4.69, 9.17) is 0 Å². The van der Waals surface area contributed by atoms with E-state index in [1.54, 1.807) is 12.1 Å². The number of benzene rings is 1. The van der Waals surface area contributed by atoms with Gasteiger partial charge in [-0.05, 0) is 18.1 Å². The quantitative estimate of drug-likeness (QED) is 0.442. The highest BCUT2D eigenvalue weighted by molar-refractivity contribution is 5.99. The standard InChI is InChI=1S/C10H8O3/c11-9-6-5-7-3-1-2-4-8(7)10(12)13-9/h1-4H,5-6H2. The molecule has 0 amide bonds. The third kappa shape index (κ3) is 1.45. The van der Waals surface area contributed by atoms with Crippen molar-refractivity contribution < 1.29 is 14.3 Å². The summed E-state index contributed by atoms with van der Waals surface area (Å²) in [5.74, 6) is -0.973. The number of cyclic esters (lactones) is 2. The number of fused-ring (bicyclic) bond motifs is 1. The first-order chi connectivity index (χ1) is 6.27. The molecule has 0 fully saturated rings. The van der Waals surface area contributed by atoms with E-state index in [-0.39, 0.29) is 6.42 Å². The molecule has 1 aliphatic rings. The van der Waals surface area contributed by atoms with Gasteiger partial charge in [-0.1, -0.05) is 18.2 Å². The maximum absolute atomic E-state index is 11.3. The van der Waals surface area contributed by atoms with Crippen LogP contribution >= 0.6 is 0 Å². The summed E-state index contributed by atoms with van der Waals surface area (Å²) in [6, 6.07) is 7.13. The molecular formula is C10H8O3. The van der Waals surface area contributed by atoms with Gasteiger partial charge < -0.3 is 4.74 Å². The summed E-state index contributed by atoms with van der Waals surface area (Å²) in [7, 11) is 0. The van der Waals surface area contributed by atoms with Crippen molar-refractivity contribution in [3.63, 3.8) is 0 Å². The Labute approximate surface area is 75.3 Å². The molecule has 0 bridgehead atoms. The fourth-order valence-corrected chi connectivity index (χ4v) is 1.38. The number of ether oxygens (including phenoxy) is 1. The van der Waals surface area contributed by atoms with Gasteiger partial charge in [0.15, 0.2) is 0 Å². The van der Waals surface area contributed by atoms with Gasteiger partial charge in [0.25, 0.3) is 0 Å². The Kier molecular flexibility index (Phi) is 1.85. The summed E-state index contributed by atoms with van der Waals surface area (Å²) in [5.41, 5.74) is 1.40. The zero-order valence-corrected chi connectivity index (χ0v) is 6.95. The maximum Gasteiger partial charge on any atom is 0.346 e. The molecule has 1 aromatic rings. The largest absolute Gasteiger partial charge is 0.389 e. The normalized spacial score (nSPS) is 16.0. The number of aryl methyl sites for hydroxylation is 1. The Bertz CT molecular complexity index is 368. The van der Waals surface area contributed by atoms with Crippen LogP contribution in [-0.2, 0) is 16.0 Å². The molecule has 0 N–H and O–H groups in total. The van der Waals surface area contributed by atoms with Gasteiger partial charge in [-0.25, -0.2) is 4.79 Å². The third-order valence-electron chi connectivity index (χ3n) is 2.04. The van der Waals surface area contributed by atoms with Gasteiger partial charge in [-0.15, -0.1) is 0 Å². The van der Waals surface area contributed by atoms with E-state index in [9.17, 15) is 9.59 Å². The summed E-state index contributed by atoms with van der Waals surface area (Å²) >= 11 is 0. The Morgan fingerprint density at radius 3 is 2.69 bits per heavy atom. The second-order valence-corrected chi connectivity index (χ2v) is 2.92. The smallest absolute Gasteiger partial charge is 0.346 e. The van der Waals surface area contributed by atoms with Gasteiger partial charge in [-0.2, -0.15) is 0 Å². The van der Waals surface area contributed by atoms with E-state index < -0.39 is 11.9 Å². The molecule has 3 heteroatoms. The molecule has 13 heavy (non-hydrogen) atoms. The molecule has 0 radical (unpaired) electrons. The molecule has 0 saturated carbocycles. The van der Waals surface area contributed by atoms with Gasteiger partial charge in [0.2, 0.25) is 0 Å². The van der Waals surface area contributed by atoms with Gasteiger partial charge in [0, 0.05) is 0 Å². The molecule has 3 nitrogen and oxygen atoms in total. The van der Waals surface area contributed by atoms with E-state index >= 15 is 0 Å². The lowest BCUT2D eigenvalue weighted by molar-refractivity contribution is -0.137. The third-order valence-corrected chi connectivity index (χ3v) is 2.04. The van der Waals surface area contributed by atoms with Crippen molar-refractivity contribution in [1.82, 2.24) is 0 Å². The number of rotatable bonds is 0. The van der Waals surface area contributed by atoms with E-state index in [0.717, 1.165) is 5.56 Å². The van der Waals surface area contributed by atoms with E-state index in [1.165, 1.54) is 0 Å². The highest BCUT2D eigenvalue weighted by Gasteiger charge is 2.20. The molecule has 1 heterocycles. The van der Waals surface area contributed by atoms with Crippen LogP contribution in [0, 0.1) is 0 Å². The number of carbonyl (C=O) groups excluding carboxylic acids is 2. The van der Waals surface area contributed by atoms with Crippen molar-refractivity contribution in [3.05, 3.63) is 35.4 Å². The number of hydrogen-bond donors (Lipinski definition) is 0. The molecule has 0 unspecified atom stereocenters. The van der Waals surface area contributed by atoms with Gasteiger partial charge >= 0.3 is 11.9 Å². The summed E-state index contributed by atoms with van der Waals surface area (Å²) in [4.78, 5) is 22.2. The summed E-state index contributed by atoms with van der Waals surface area (Å²) in [6.07, 6.45) is 0.865. The molecule has 1 aliphatic heterocycles. The van der Waals surface area contributed by atoms with Crippen molar-refractivity contribution in [2.24, 2.45) is 0 Å². The fourth-order valence-electron chi connectivity index (χ4n) is 1.38. The highest BCUT2D eigenvalue weighted by atomic mass is 16.6. The van der Waals surface area contributed by atoms with Crippen molar-refractivity contribution >= 4 is 11.9 Å². The van der Waals surface area contributed by atoms with E-state index in [2.05, 4.69) is 4.74 Å². The van der Waals surface area contributed by atoms with Crippen molar-refractivity contribution in [1.29, 1.82) is 0 Å². The van der Waals surface area contributed by atoms with Crippen molar-refractivity contribution in [2.45, 2.75) is 12.8 Å². The van der Waals surface area contributed by atoms with Crippen LogP contribution in [0.2, 0.25) is 0 Å². The molecule has 0 aromatic heterocycles. The zero-order chi connectivity index (χ0) is 9.26. The van der Waals surface area contributed by atoms with Crippen LogP contribution in [0.15, 0.2) is 24.3 Å². The Morgan fingerprint density at radius 2 is 1.85 bits per heavy atom. The Morgan fingerprint density at radius 1 is 1.08 bits per heavy atom. The fraction of sp³-hybridized carbons (Fsp3) is 0.200. The lowest BCUT2D eigenvalue weighted by Gasteiger charge is -1.99. The minimum Gasteiger partial charge on any atom is -0.389 e. The average molecular weight is 176 g/mol. The van der Waals surface area contributed by atoms with Crippen LogP contribution in [0.1, 0.15) is 22.3 Å². The Balaban J connectivity index is 2.46. The summed E-state index contributed by atoms with van der Waals surface area (Å²) in [6.45, 7) is 0. The zero-order valence-electron chi connectivity index (χ0n) is 6.95. The minimum absolute atomic E-state index is 0.281. The molecule has 0 saturated heterocycles. The predicted molar refractivity (Wildman–Crippen MR) is 45.2 cm³/mol. The van der Waals surface area contributed by atoms with Crippen LogP contribution < -0.4 is 0 Å². The summed E-state index contributed by atoms with van der Waals surface area (Å²) < 4.78 is 4.56. The van der Waals surface area contributed by atoms with Gasteiger partial charge in [0.05, 0.1) is 12.0 Å². The first-order valence-corrected chi connectivity index (χ1v) is 4.10. The van der Waals surface area contributed by atoms with E-state index in [1.807, 2.05) is 12.1 Å². The SMILES string of the molecule is O=C1CCc2ccccc2C(=O)O1. The topological polar surface area (TPSA) is 43.4 Å².